The van der Waals surface area contributed by atoms with Crippen molar-refractivity contribution in [1.29, 1.82) is 0 Å². The van der Waals surface area contributed by atoms with Crippen molar-refractivity contribution in [3.05, 3.63) is 122 Å². The van der Waals surface area contributed by atoms with Gasteiger partial charge in [0, 0.05) is 19.3 Å². The molecule has 0 aromatic carbocycles. The van der Waals surface area contributed by atoms with Crippen molar-refractivity contribution in [3.8, 4) is 0 Å². The minimum Gasteiger partial charge on any atom is -0.462 e. The highest BCUT2D eigenvalue weighted by molar-refractivity contribution is 5.71. The molecule has 0 rings (SSSR count). The summed E-state index contributed by atoms with van der Waals surface area (Å²) in [5.41, 5.74) is 0. The average molecular weight is 899 g/mol. The van der Waals surface area contributed by atoms with Crippen molar-refractivity contribution in [2.45, 2.75) is 219 Å². The summed E-state index contributed by atoms with van der Waals surface area (Å²) in [7, 11) is 0. The van der Waals surface area contributed by atoms with E-state index in [-0.39, 0.29) is 44.0 Å². The summed E-state index contributed by atoms with van der Waals surface area (Å²) in [4.78, 5) is 38.0. The lowest BCUT2D eigenvalue weighted by molar-refractivity contribution is -0.166. The van der Waals surface area contributed by atoms with Gasteiger partial charge in [0.05, 0.1) is 0 Å². The fourth-order valence-corrected chi connectivity index (χ4v) is 6.63. The number of carbonyl (C=O) groups excluding carboxylic acids is 3. The van der Waals surface area contributed by atoms with E-state index in [1.54, 1.807) is 0 Å². The SMILES string of the molecule is CC/C=C\C/C=C\C/C=C\C/C=C\C/C=C\C/C=C\CCC(=O)OC[C@H](COC(=O)CCCCCCCCCCCCCCC)OC(=O)CCCC/C=C\C/C=C\C/C=C\C/C=C\CC. The Hall–Kier alpha value is -4.19. The average Bonchev–Trinajstić information content (AvgIpc) is 3.30. The lowest BCUT2D eigenvalue weighted by Gasteiger charge is -2.18. The van der Waals surface area contributed by atoms with Crippen molar-refractivity contribution < 1.29 is 28.6 Å². The van der Waals surface area contributed by atoms with Gasteiger partial charge in [-0.05, 0) is 96.3 Å². The Kier molecular flexibility index (Phi) is 49.1. The first-order valence-electron chi connectivity index (χ1n) is 26.0. The molecule has 6 heteroatoms. The lowest BCUT2D eigenvalue weighted by atomic mass is 10.0. The van der Waals surface area contributed by atoms with Crippen LogP contribution in [0.5, 0.6) is 0 Å². The van der Waals surface area contributed by atoms with Crippen molar-refractivity contribution >= 4 is 17.9 Å². The summed E-state index contributed by atoms with van der Waals surface area (Å²) in [6, 6.07) is 0. The molecular formula is C59H94O6. The molecule has 0 saturated heterocycles. The second-order valence-corrected chi connectivity index (χ2v) is 16.7. The van der Waals surface area contributed by atoms with E-state index in [2.05, 4.69) is 130 Å². The molecular weight excluding hydrogens is 805 g/mol. The number of carbonyl (C=O) groups is 3. The number of rotatable bonds is 45. The van der Waals surface area contributed by atoms with Gasteiger partial charge in [0.2, 0.25) is 0 Å². The minimum atomic E-state index is -0.831. The molecule has 0 aromatic heterocycles. The maximum Gasteiger partial charge on any atom is 0.306 e. The van der Waals surface area contributed by atoms with Crippen LogP contribution in [-0.2, 0) is 28.6 Å². The van der Waals surface area contributed by atoms with Gasteiger partial charge in [-0.3, -0.25) is 14.4 Å². The normalized spacial score (nSPS) is 13.1. The quantitative estimate of drug-likeness (QED) is 0.0262. The summed E-state index contributed by atoms with van der Waals surface area (Å²) in [6.45, 7) is 6.29. The van der Waals surface area contributed by atoms with Crippen LogP contribution in [0.15, 0.2) is 122 Å². The van der Waals surface area contributed by atoms with Crippen molar-refractivity contribution in [2.75, 3.05) is 13.2 Å². The third-order valence-electron chi connectivity index (χ3n) is 10.5. The number of esters is 3. The first kappa shape index (κ1) is 60.8. The van der Waals surface area contributed by atoms with E-state index in [4.69, 9.17) is 14.2 Å². The second-order valence-electron chi connectivity index (χ2n) is 16.7. The van der Waals surface area contributed by atoms with Crippen LogP contribution in [0.4, 0.5) is 0 Å². The zero-order chi connectivity index (χ0) is 47.2. The molecule has 0 heterocycles. The number of ether oxygens (including phenoxy) is 3. The molecule has 366 valence electrons. The molecule has 0 aromatic rings. The van der Waals surface area contributed by atoms with Crippen LogP contribution in [0.25, 0.3) is 0 Å². The monoisotopic (exact) mass is 899 g/mol. The largest absolute Gasteiger partial charge is 0.462 e. The highest BCUT2D eigenvalue weighted by atomic mass is 16.6. The molecule has 0 aliphatic carbocycles. The van der Waals surface area contributed by atoms with Gasteiger partial charge in [0.15, 0.2) is 6.10 Å². The van der Waals surface area contributed by atoms with Gasteiger partial charge >= 0.3 is 17.9 Å². The minimum absolute atomic E-state index is 0.120. The Bertz CT molecular complexity index is 1400. The molecule has 0 saturated carbocycles. The van der Waals surface area contributed by atoms with Crippen LogP contribution in [-0.4, -0.2) is 37.2 Å². The third-order valence-corrected chi connectivity index (χ3v) is 10.5. The Balaban J connectivity index is 4.58. The van der Waals surface area contributed by atoms with Gasteiger partial charge in [0.1, 0.15) is 13.2 Å². The molecule has 0 unspecified atom stereocenters. The Morgan fingerprint density at radius 1 is 0.323 bits per heavy atom. The predicted octanol–water partition coefficient (Wildman–Crippen LogP) is 17.3. The Morgan fingerprint density at radius 3 is 1.03 bits per heavy atom. The zero-order valence-electron chi connectivity index (χ0n) is 41.7. The topological polar surface area (TPSA) is 78.9 Å². The van der Waals surface area contributed by atoms with Crippen LogP contribution >= 0.6 is 0 Å². The number of hydrogen-bond acceptors (Lipinski definition) is 6. The van der Waals surface area contributed by atoms with Crippen LogP contribution in [0.3, 0.4) is 0 Å². The lowest BCUT2D eigenvalue weighted by Crippen LogP contribution is -2.30. The Labute approximate surface area is 399 Å². The molecule has 65 heavy (non-hydrogen) atoms. The van der Waals surface area contributed by atoms with E-state index in [0.29, 0.717) is 19.3 Å². The maximum atomic E-state index is 12.8. The van der Waals surface area contributed by atoms with E-state index in [9.17, 15) is 14.4 Å². The van der Waals surface area contributed by atoms with E-state index >= 15 is 0 Å². The molecule has 0 N–H and O–H groups in total. The fourth-order valence-electron chi connectivity index (χ4n) is 6.63. The first-order valence-corrected chi connectivity index (χ1v) is 26.0. The molecule has 0 fully saturated rings. The first-order chi connectivity index (χ1) is 32.0. The van der Waals surface area contributed by atoms with E-state index in [1.165, 1.54) is 64.2 Å². The summed E-state index contributed by atoms with van der Waals surface area (Å²) < 4.78 is 16.7. The maximum absolute atomic E-state index is 12.8. The number of hydrogen-bond donors (Lipinski definition) is 0. The Morgan fingerprint density at radius 2 is 0.631 bits per heavy atom. The van der Waals surface area contributed by atoms with Crippen molar-refractivity contribution in [1.82, 2.24) is 0 Å². The summed E-state index contributed by atoms with van der Waals surface area (Å²) in [5.74, 6) is -1.06. The van der Waals surface area contributed by atoms with Crippen LogP contribution in [0.2, 0.25) is 0 Å². The van der Waals surface area contributed by atoms with Crippen molar-refractivity contribution in [3.63, 3.8) is 0 Å². The molecule has 0 aliphatic heterocycles. The standard InChI is InChI=1S/C59H94O6/c1-4-7-10-13-16-19-22-25-27-28-29-30-32-34-37-40-43-46-49-52-58(61)64-55-56(54-63-57(60)51-48-45-42-39-36-33-24-21-18-15-12-9-6-3)65-59(62)53-50-47-44-41-38-35-31-26-23-20-17-14-11-8-5-2/h7-8,10-11,16-17,19-20,25-27,29-31,34,37-38,41,43,46,56H,4-6,9,12-15,18,21-24,28,32-33,35-36,39-40,42,44-45,47-55H2,1-3H3/b10-7-,11-8-,19-16-,20-17-,27-25-,30-29-,31-26-,37-34-,41-38-,46-43-/t56-/m0/s1. The number of allylic oxidation sites excluding steroid dienone is 20. The summed E-state index contributed by atoms with van der Waals surface area (Å²) in [6.07, 6.45) is 72.0. The molecule has 0 amide bonds. The van der Waals surface area contributed by atoms with E-state index < -0.39 is 6.10 Å². The van der Waals surface area contributed by atoms with Gasteiger partial charge in [0.25, 0.3) is 0 Å². The molecule has 6 nitrogen and oxygen atoms in total. The number of unbranched alkanes of at least 4 members (excludes halogenated alkanes) is 14. The summed E-state index contributed by atoms with van der Waals surface area (Å²) >= 11 is 0. The van der Waals surface area contributed by atoms with Gasteiger partial charge < -0.3 is 14.2 Å². The molecule has 0 aliphatic rings. The smallest absolute Gasteiger partial charge is 0.306 e. The highest BCUT2D eigenvalue weighted by Crippen LogP contribution is 2.14. The second kappa shape index (κ2) is 52.4. The van der Waals surface area contributed by atoms with Gasteiger partial charge in [-0.1, -0.05) is 219 Å². The molecule has 0 bridgehead atoms. The van der Waals surface area contributed by atoms with E-state index in [1.807, 2.05) is 12.2 Å². The van der Waals surface area contributed by atoms with Crippen LogP contribution < -0.4 is 0 Å². The third kappa shape index (κ3) is 50.7. The predicted molar refractivity (Wildman–Crippen MR) is 279 cm³/mol. The highest BCUT2D eigenvalue weighted by Gasteiger charge is 2.19. The van der Waals surface area contributed by atoms with Gasteiger partial charge in [-0.25, -0.2) is 0 Å². The molecule has 0 spiro atoms. The van der Waals surface area contributed by atoms with Crippen LogP contribution in [0.1, 0.15) is 213 Å². The zero-order valence-corrected chi connectivity index (χ0v) is 41.7. The molecule has 0 radical (unpaired) electrons. The van der Waals surface area contributed by atoms with E-state index in [0.717, 1.165) is 96.3 Å². The van der Waals surface area contributed by atoms with Gasteiger partial charge in [-0.2, -0.15) is 0 Å². The fraction of sp³-hybridized carbons (Fsp3) is 0.610. The van der Waals surface area contributed by atoms with Gasteiger partial charge in [-0.15, -0.1) is 0 Å². The van der Waals surface area contributed by atoms with Crippen molar-refractivity contribution in [2.24, 2.45) is 0 Å². The van der Waals surface area contributed by atoms with Crippen LogP contribution in [0, 0.1) is 0 Å². The molecule has 1 atom stereocenters. The summed E-state index contributed by atoms with van der Waals surface area (Å²) in [5, 5.41) is 0.